The molecule has 0 aliphatic rings. The van der Waals surface area contributed by atoms with E-state index in [1.807, 2.05) is 6.07 Å². The third kappa shape index (κ3) is 3.24. The van der Waals surface area contributed by atoms with Crippen LogP contribution < -0.4 is 4.52 Å². The van der Waals surface area contributed by atoms with Gasteiger partial charge in [0.25, 0.3) is 0 Å². The van der Waals surface area contributed by atoms with E-state index in [1.54, 1.807) is 0 Å². The molecule has 1 aromatic rings. The van der Waals surface area contributed by atoms with E-state index in [9.17, 15) is 0 Å². The van der Waals surface area contributed by atoms with Crippen molar-refractivity contribution in [2.75, 3.05) is 0 Å². The Labute approximate surface area is 113 Å². The summed E-state index contributed by atoms with van der Waals surface area (Å²) in [5.41, 5.74) is 3.91. The zero-order chi connectivity index (χ0) is 14.1. The van der Waals surface area contributed by atoms with Crippen molar-refractivity contribution in [3.05, 3.63) is 28.8 Å². The molecule has 0 radical (unpaired) electrons. The Morgan fingerprint density at radius 2 is 1.56 bits per heavy atom. The van der Waals surface area contributed by atoms with Crippen LogP contribution in [0.25, 0.3) is 0 Å². The predicted molar refractivity (Wildman–Crippen MR) is 79.7 cm³/mol. The summed E-state index contributed by atoms with van der Waals surface area (Å²) in [6.45, 7) is 15.3. The average molecular weight is 268 g/mol. The number of rotatable bonds is 2. The van der Waals surface area contributed by atoms with Crippen LogP contribution in [-0.4, -0.2) is 4.89 Å². The summed E-state index contributed by atoms with van der Waals surface area (Å²) in [5.74, 6) is 0.800. The number of benzene rings is 1. The van der Waals surface area contributed by atoms with E-state index in [-0.39, 0.29) is 10.8 Å². The third-order valence-electron chi connectivity index (χ3n) is 3.14. The van der Waals surface area contributed by atoms with Gasteiger partial charge in [-0.1, -0.05) is 47.6 Å². The maximum atomic E-state index is 9.04. The molecule has 3 heteroatoms. The van der Waals surface area contributed by atoms with Crippen LogP contribution in [0.2, 0.25) is 0 Å². The van der Waals surface area contributed by atoms with Crippen LogP contribution in [0.4, 0.5) is 0 Å². The lowest BCUT2D eigenvalue weighted by molar-refractivity contribution is 0.486. The molecular weight excluding hydrogens is 243 g/mol. The van der Waals surface area contributed by atoms with Crippen molar-refractivity contribution in [3.63, 3.8) is 0 Å². The summed E-state index contributed by atoms with van der Waals surface area (Å²) in [5, 5.41) is 0. The molecule has 0 saturated heterocycles. The van der Waals surface area contributed by atoms with Gasteiger partial charge in [-0.3, -0.25) is 0 Å². The Morgan fingerprint density at radius 3 is 1.94 bits per heavy atom. The Kier molecular flexibility index (Phi) is 4.46. The molecule has 0 amide bonds. The van der Waals surface area contributed by atoms with E-state index in [4.69, 9.17) is 9.42 Å². The van der Waals surface area contributed by atoms with Crippen molar-refractivity contribution in [2.45, 2.75) is 59.3 Å². The van der Waals surface area contributed by atoms with Gasteiger partial charge in [0.1, 0.15) is 5.75 Å². The van der Waals surface area contributed by atoms with E-state index in [1.165, 1.54) is 16.7 Å². The summed E-state index contributed by atoms with van der Waals surface area (Å²) in [6.07, 6.45) is 0. The molecule has 1 aromatic carbocycles. The molecule has 1 rings (SSSR count). The van der Waals surface area contributed by atoms with E-state index in [0.29, 0.717) is 0 Å². The maximum absolute atomic E-state index is 9.04. The van der Waals surface area contributed by atoms with Crippen LogP contribution in [0, 0.1) is 6.92 Å². The lowest BCUT2D eigenvalue weighted by Gasteiger charge is -2.30. The summed E-state index contributed by atoms with van der Waals surface area (Å²) < 4.78 is 5.40. The SMILES string of the molecule is Cc1c(C(C)(C)C)ccc(OPO)c1C(C)(C)C. The van der Waals surface area contributed by atoms with Crippen LogP contribution in [-0.2, 0) is 10.8 Å². The van der Waals surface area contributed by atoms with E-state index >= 15 is 0 Å². The normalized spacial score (nSPS) is 13.3. The summed E-state index contributed by atoms with van der Waals surface area (Å²) in [4.78, 5) is 9.04. The van der Waals surface area contributed by atoms with Crippen molar-refractivity contribution in [1.82, 2.24) is 0 Å². The molecule has 1 N–H and O–H groups in total. The van der Waals surface area contributed by atoms with Gasteiger partial charge < -0.3 is 9.42 Å². The Morgan fingerprint density at radius 1 is 1.00 bits per heavy atom. The second-order valence-corrected chi connectivity index (χ2v) is 7.19. The molecule has 1 unspecified atom stereocenters. The Bertz CT molecular complexity index is 425. The van der Waals surface area contributed by atoms with E-state index < -0.39 is 9.03 Å². The lowest BCUT2D eigenvalue weighted by atomic mass is 9.76. The smallest absolute Gasteiger partial charge is 0.212 e. The largest absolute Gasteiger partial charge is 0.450 e. The van der Waals surface area contributed by atoms with Gasteiger partial charge in [0, 0.05) is 5.56 Å². The maximum Gasteiger partial charge on any atom is 0.212 e. The second kappa shape index (κ2) is 5.19. The molecule has 0 aliphatic heterocycles. The molecule has 0 heterocycles. The highest BCUT2D eigenvalue weighted by Crippen LogP contribution is 2.40. The fourth-order valence-electron chi connectivity index (χ4n) is 2.57. The fraction of sp³-hybridized carbons (Fsp3) is 0.600. The second-order valence-electron chi connectivity index (χ2n) is 6.80. The quantitative estimate of drug-likeness (QED) is 0.802. The van der Waals surface area contributed by atoms with Gasteiger partial charge in [-0.25, -0.2) is 0 Å². The monoisotopic (exact) mass is 268 g/mol. The molecule has 0 saturated carbocycles. The minimum atomic E-state index is -0.510. The van der Waals surface area contributed by atoms with Crippen LogP contribution >= 0.6 is 9.03 Å². The first kappa shape index (κ1) is 15.5. The van der Waals surface area contributed by atoms with Gasteiger partial charge >= 0.3 is 0 Å². The third-order valence-corrected chi connectivity index (χ3v) is 3.45. The molecule has 2 nitrogen and oxygen atoms in total. The highest BCUT2D eigenvalue weighted by molar-refractivity contribution is 7.25. The van der Waals surface area contributed by atoms with Crippen LogP contribution in [0.3, 0.4) is 0 Å². The number of hydrogen-bond acceptors (Lipinski definition) is 2. The molecule has 0 spiro atoms. The first-order valence-corrected chi connectivity index (χ1v) is 7.15. The summed E-state index contributed by atoms with van der Waals surface area (Å²) in [6, 6.07) is 4.09. The first-order valence-electron chi connectivity index (χ1n) is 6.29. The average Bonchev–Trinajstić information content (AvgIpc) is 2.13. The highest BCUT2D eigenvalue weighted by Gasteiger charge is 2.26. The summed E-state index contributed by atoms with van der Waals surface area (Å²) >= 11 is 0. The van der Waals surface area contributed by atoms with Crippen molar-refractivity contribution in [2.24, 2.45) is 0 Å². The van der Waals surface area contributed by atoms with Gasteiger partial charge in [0.05, 0.1) is 0 Å². The van der Waals surface area contributed by atoms with Gasteiger partial charge in [-0.2, -0.15) is 0 Å². The standard InChI is InChI=1S/C15H25O2P/c1-10-11(14(2,3)4)8-9-12(17-18-16)13(10)15(5,6)7/h8-9,16,18H,1-7H3. The zero-order valence-electron chi connectivity index (χ0n) is 12.5. The molecule has 0 aliphatic carbocycles. The molecule has 0 fully saturated rings. The minimum absolute atomic E-state index is 0.000324. The van der Waals surface area contributed by atoms with Crippen molar-refractivity contribution >= 4 is 9.03 Å². The molecule has 0 aromatic heterocycles. The summed E-state index contributed by atoms with van der Waals surface area (Å²) in [7, 11) is -0.510. The molecule has 0 bridgehead atoms. The first-order chi connectivity index (χ1) is 8.09. The van der Waals surface area contributed by atoms with Gasteiger partial charge in [0.2, 0.25) is 9.03 Å². The van der Waals surface area contributed by atoms with Crippen molar-refractivity contribution in [1.29, 1.82) is 0 Å². The minimum Gasteiger partial charge on any atom is -0.450 e. The lowest BCUT2D eigenvalue weighted by Crippen LogP contribution is -2.20. The topological polar surface area (TPSA) is 29.5 Å². The Balaban J connectivity index is 3.51. The molecular formula is C15H25O2P. The predicted octanol–water partition coefficient (Wildman–Crippen LogP) is 4.47. The van der Waals surface area contributed by atoms with Crippen LogP contribution in [0.5, 0.6) is 5.75 Å². The van der Waals surface area contributed by atoms with Crippen molar-refractivity contribution in [3.8, 4) is 5.75 Å². The highest BCUT2D eigenvalue weighted by atomic mass is 31.1. The van der Waals surface area contributed by atoms with Crippen LogP contribution in [0.1, 0.15) is 58.2 Å². The molecule has 18 heavy (non-hydrogen) atoms. The van der Waals surface area contributed by atoms with Crippen LogP contribution in [0.15, 0.2) is 12.1 Å². The van der Waals surface area contributed by atoms with E-state index in [0.717, 1.165) is 5.75 Å². The van der Waals surface area contributed by atoms with Gasteiger partial charge in [-0.05, 0) is 34.9 Å². The fourth-order valence-corrected chi connectivity index (χ4v) is 2.83. The Hall–Kier alpha value is -0.590. The van der Waals surface area contributed by atoms with E-state index in [2.05, 4.69) is 54.5 Å². The number of hydrogen-bond donors (Lipinski definition) is 1. The van der Waals surface area contributed by atoms with Crippen molar-refractivity contribution < 1.29 is 9.42 Å². The molecule has 102 valence electrons. The van der Waals surface area contributed by atoms with Gasteiger partial charge in [-0.15, -0.1) is 0 Å². The molecule has 1 atom stereocenters. The zero-order valence-corrected chi connectivity index (χ0v) is 13.5. The van der Waals surface area contributed by atoms with Gasteiger partial charge in [0.15, 0.2) is 0 Å².